The summed E-state index contributed by atoms with van der Waals surface area (Å²) in [7, 11) is 0. The average molecular weight is 560 g/mol. The number of rotatable bonds is 3. The SMILES string of the molecule is CC1(C)c2cccc3c(N(c4ccccc4)c4cccc5ccccc45)c4cccc5c6cccc7ccc1c(c76)c(c23)c45. The molecule has 206 valence electrons. The first-order chi connectivity index (χ1) is 21.6. The Bertz CT molecular complexity index is 2620. The van der Waals surface area contributed by atoms with Crippen LogP contribution in [0.2, 0.25) is 0 Å². The molecule has 1 aliphatic rings. The smallest absolute Gasteiger partial charge is 0.0619 e. The van der Waals surface area contributed by atoms with E-state index in [0.29, 0.717) is 0 Å². The summed E-state index contributed by atoms with van der Waals surface area (Å²) in [5, 5.41) is 16.1. The van der Waals surface area contributed by atoms with Crippen LogP contribution in [0.15, 0.2) is 140 Å². The summed E-state index contributed by atoms with van der Waals surface area (Å²) in [5.74, 6) is 0. The molecule has 0 saturated carbocycles. The molecular weight excluding hydrogens is 530 g/mol. The minimum Gasteiger partial charge on any atom is -0.309 e. The molecule has 9 aromatic carbocycles. The molecule has 1 aliphatic carbocycles. The first-order valence-corrected chi connectivity index (χ1v) is 15.5. The van der Waals surface area contributed by atoms with Gasteiger partial charge in [-0.1, -0.05) is 135 Å². The number of hydrogen-bond acceptors (Lipinski definition) is 1. The number of benzene rings is 9. The maximum Gasteiger partial charge on any atom is 0.0619 e. The molecule has 0 aromatic heterocycles. The Balaban J connectivity index is 1.51. The number of fused-ring (bicyclic) bond motifs is 2. The highest BCUT2D eigenvalue weighted by molar-refractivity contribution is 6.42. The second-order valence-electron chi connectivity index (χ2n) is 12.9. The van der Waals surface area contributed by atoms with E-state index in [4.69, 9.17) is 0 Å². The van der Waals surface area contributed by atoms with E-state index in [9.17, 15) is 0 Å². The van der Waals surface area contributed by atoms with Crippen molar-refractivity contribution >= 4 is 81.7 Å². The molecule has 0 spiro atoms. The molecule has 0 N–H and O–H groups in total. The van der Waals surface area contributed by atoms with E-state index in [1.165, 1.54) is 87.1 Å². The van der Waals surface area contributed by atoms with Crippen LogP contribution in [-0.2, 0) is 5.41 Å². The van der Waals surface area contributed by atoms with Gasteiger partial charge in [0.1, 0.15) is 0 Å². The summed E-state index contributed by atoms with van der Waals surface area (Å²) < 4.78 is 0. The molecule has 44 heavy (non-hydrogen) atoms. The fourth-order valence-electron chi connectivity index (χ4n) is 8.44. The van der Waals surface area contributed by atoms with Gasteiger partial charge in [-0.15, -0.1) is 0 Å². The summed E-state index contributed by atoms with van der Waals surface area (Å²) in [6.07, 6.45) is 0. The molecule has 0 atom stereocenters. The van der Waals surface area contributed by atoms with Crippen LogP contribution in [0.1, 0.15) is 25.0 Å². The van der Waals surface area contributed by atoms with E-state index >= 15 is 0 Å². The van der Waals surface area contributed by atoms with Crippen molar-refractivity contribution in [3.05, 3.63) is 151 Å². The highest BCUT2D eigenvalue weighted by Gasteiger charge is 2.35. The Morgan fingerprint density at radius 3 is 1.84 bits per heavy atom. The topological polar surface area (TPSA) is 3.24 Å². The van der Waals surface area contributed by atoms with Gasteiger partial charge in [0.05, 0.1) is 11.4 Å². The summed E-state index contributed by atoms with van der Waals surface area (Å²) in [6, 6.07) is 51.9. The maximum absolute atomic E-state index is 2.52. The maximum atomic E-state index is 2.52. The highest BCUT2D eigenvalue weighted by Crippen LogP contribution is 2.57. The summed E-state index contributed by atoms with van der Waals surface area (Å²) in [6.45, 7) is 4.82. The molecule has 0 aliphatic heterocycles. The Kier molecular flexibility index (Phi) is 4.58. The third kappa shape index (κ3) is 2.89. The predicted molar refractivity (Wildman–Crippen MR) is 189 cm³/mol. The van der Waals surface area contributed by atoms with Crippen LogP contribution in [0.5, 0.6) is 0 Å². The molecule has 0 heterocycles. The Morgan fingerprint density at radius 2 is 0.977 bits per heavy atom. The molecule has 0 radical (unpaired) electrons. The van der Waals surface area contributed by atoms with Crippen LogP contribution in [0, 0.1) is 0 Å². The fourth-order valence-corrected chi connectivity index (χ4v) is 8.44. The van der Waals surface area contributed by atoms with E-state index in [-0.39, 0.29) is 5.41 Å². The second-order valence-corrected chi connectivity index (χ2v) is 12.9. The monoisotopic (exact) mass is 559 g/mol. The second kappa shape index (κ2) is 8.36. The lowest BCUT2D eigenvalue weighted by atomic mass is 9.68. The van der Waals surface area contributed by atoms with Gasteiger partial charge in [-0.3, -0.25) is 0 Å². The number of para-hydroxylation sites is 1. The van der Waals surface area contributed by atoms with Crippen molar-refractivity contribution in [1.29, 1.82) is 0 Å². The molecule has 0 amide bonds. The quantitative estimate of drug-likeness (QED) is 0.154. The van der Waals surface area contributed by atoms with Crippen LogP contribution >= 0.6 is 0 Å². The van der Waals surface area contributed by atoms with Crippen molar-refractivity contribution in [3.63, 3.8) is 0 Å². The Hall–Kier alpha value is -5.40. The molecule has 0 bridgehead atoms. The van der Waals surface area contributed by atoms with E-state index in [1.807, 2.05) is 0 Å². The molecule has 0 fully saturated rings. The lowest BCUT2D eigenvalue weighted by Crippen LogP contribution is -2.23. The van der Waals surface area contributed by atoms with Crippen LogP contribution in [0.4, 0.5) is 17.1 Å². The molecule has 9 aromatic rings. The van der Waals surface area contributed by atoms with Crippen LogP contribution < -0.4 is 4.90 Å². The van der Waals surface area contributed by atoms with Gasteiger partial charge >= 0.3 is 0 Å². The molecule has 0 saturated heterocycles. The van der Waals surface area contributed by atoms with Crippen molar-refractivity contribution < 1.29 is 0 Å². The van der Waals surface area contributed by atoms with Crippen molar-refractivity contribution in [2.45, 2.75) is 19.3 Å². The summed E-state index contributed by atoms with van der Waals surface area (Å²) >= 11 is 0. The van der Waals surface area contributed by atoms with Gasteiger partial charge in [-0.2, -0.15) is 0 Å². The van der Waals surface area contributed by atoms with Gasteiger partial charge in [0.2, 0.25) is 0 Å². The van der Waals surface area contributed by atoms with Gasteiger partial charge in [-0.05, 0) is 72.4 Å². The van der Waals surface area contributed by atoms with Gasteiger partial charge in [0.15, 0.2) is 0 Å². The third-order valence-electron chi connectivity index (χ3n) is 10.3. The fraction of sp³-hybridized carbons (Fsp3) is 0.0698. The average Bonchev–Trinajstić information content (AvgIpc) is 3.07. The van der Waals surface area contributed by atoms with Crippen molar-refractivity contribution in [1.82, 2.24) is 0 Å². The van der Waals surface area contributed by atoms with E-state index < -0.39 is 0 Å². The van der Waals surface area contributed by atoms with Crippen LogP contribution in [0.25, 0.3) is 64.6 Å². The van der Waals surface area contributed by atoms with Crippen LogP contribution in [-0.4, -0.2) is 0 Å². The van der Waals surface area contributed by atoms with Gasteiger partial charge in [0, 0.05) is 32.6 Å². The van der Waals surface area contributed by atoms with Gasteiger partial charge in [0.25, 0.3) is 0 Å². The molecule has 10 rings (SSSR count). The Morgan fingerprint density at radius 1 is 0.386 bits per heavy atom. The number of hydrogen-bond donors (Lipinski definition) is 0. The Labute approximate surface area is 255 Å². The first-order valence-electron chi connectivity index (χ1n) is 15.5. The zero-order valence-electron chi connectivity index (χ0n) is 24.7. The van der Waals surface area contributed by atoms with Gasteiger partial charge < -0.3 is 4.90 Å². The zero-order valence-corrected chi connectivity index (χ0v) is 24.7. The van der Waals surface area contributed by atoms with Gasteiger partial charge in [-0.25, -0.2) is 0 Å². The molecule has 1 nitrogen and oxygen atoms in total. The van der Waals surface area contributed by atoms with Crippen molar-refractivity contribution in [2.75, 3.05) is 4.90 Å². The normalized spacial score (nSPS) is 13.9. The van der Waals surface area contributed by atoms with Crippen LogP contribution in [0.3, 0.4) is 0 Å². The molecular formula is C43H29N. The highest BCUT2D eigenvalue weighted by atomic mass is 15.1. The minimum absolute atomic E-state index is 0.141. The van der Waals surface area contributed by atoms with E-state index in [0.717, 1.165) is 5.69 Å². The first kappa shape index (κ1) is 24.1. The standard InChI is InChI=1S/C43H29N/c1-43(2)34-22-11-21-33-39(34)41-38-31(30-18-8-14-27-24-25-35(43)40(41)37(27)30)19-10-20-32(38)42(33)44(28-15-4-3-5-16-28)36-23-9-13-26-12-6-7-17-29(26)36/h3-25H,1-2H3. The summed E-state index contributed by atoms with van der Waals surface area (Å²) in [4.78, 5) is 2.52. The largest absolute Gasteiger partial charge is 0.309 e. The lowest BCUT2D eigenvalue weighted by molar-refractivity contribution is 0.652. The lowest BCUT2D eigenvalue weighted by Gasteiger charge is -2.37. The van der Waals surface area contributed by atoms with E-state index in [2.05, 4.69) is 158 Å². The number of nitrogens with zero attached hydrogens (tertiary/aromatic N) is 1. The molecule has 0 unspecified atom stereocenters. The van der Waals surface area contributed by atoms with Crippen molar-refractivity contribution in [3.8, 4) is 0 Å². The molecule has 1 heteroatoms. The number of anilines is 3. The van der Waals surface area contributed by atoms with E-state index in [1.54, 1.807) is 0 Å². The third-order valence-corrected chi connectivity index (χ3v) is 10.3. The zero-order chi connectivity index (χ0) is 29.2. The summed E-state index contributed by atoms with van der Waals surface area (Å²) in [5.41, 5.74) is 6.28. The predicted octanol–water partition coefficient (Wildman–Crippen LogP) is 12.2. The minimum atomic E-state index is -0.141. The van der Waals surface area contributed by atoms with Crippen molar-refractivity contribution in [2.24, 2.45) is 0 Å².